The quantitative estimate of drug-likeness (QED) is 0.840. The Morgan fingerprint density at radius 3 is 2.75 bits per heavy atom. The van der Waals surface area contributed by atoms with Gasteiger partial charge in [0.15, 0.2) is 11.5 Å². The standard InChI is InChI=1S/C15H23NO3S/c1-4-11(2)8-20(17)9-13(16-3)12-5-6-14-15(7-12)19-10-18-14/h5-7,11,13,16H,4,8-10H2,1-3H3. The highest BCUT2D eigenvalue weighted by molar-refractivity contribution is 7.85. The van der Waals surface area contributed by atoms with Crippen LogP contribution < -0.4 is 14.8 Å². The highest BCUT2D eigenvalue weighted by atomic mass is 32.2. The Hall–Kier alpha value is -1.07. The molecule has 3 atom stereocenters. The SMILES string of the molecule is CCC(C)CS(=O)CC(NC)c1ccc2c(c1)OCO2. The van der Waals surface area contributed by atoms with Crippen molar-refractivity contribution < 1.29 is 13.7 Å². The van der Waals surface area contributed by atoms with Crippen LogP contribution in [-0.2, 0) is 10.8 Å². The van der Waals surface area contributed by atoms with Gasteiger partial charge in [0.25, 0.3) is 0 Å². The van der Waals surface area contributed by atoms with Gasteiger partial charge in [-0.1, -0.05) is 26.3 Å². The third-order valence-corrected chi connectivity index (χ3v) is 5.31. The average Bonchev–Trinajstić information content (AvgIpc) is 2.91. The Kier molecular flexibility index (Phi) is 5.43. The molecule has 2 rings (SSSR count). The number of hydrogen-bond donors (Lipinski definition) is 1. The van der Waals surface area contributed by atoms with Crippen molar-refractivity contribution in [3.05, 3.63) is 23.8 Å². The third kappa shape index (κ3) is 3.73. The topological polar surface area (TPSA) is 47.6 Å². The van der Waals surface area contributed by atoms with E-state index in [0.717, 1.165) is 29.2 Å². The number of ether oxygens (including phenoxy) is 2. The van der Waals surface area contributed by atoms with Crippen molar-refractivity contribution in [2.75, 3.05) is 25.3 Å². The molecule has 1 aliphatic rings. The first kappa shape index (κ1) is 15.3. The molecule has 0 aliphatic carbocycles. The molecule has 1 aliphatic heterocycles. The van der Waals surface area contributed by atoms with Gasteiger partial charge in [0.2, 0.25) is 6.79 Å². The smallest absolute Gasteiger partial charge is 0.231 e. The van der Waals surface area contributed by atoms with Gasteiger partial charge in [-0.3, -0.25) is 4.21 Å². The van der Waals surface area contributed by atoms with Crippen molar-refractivity contribution in [3.63, 3.8) is 0 Å². The second-order valence-corrected chi connectivity index (χ2v) is 6.79. The number of hydrogen-bond acceptors (Lipinski definition) is 4. The maximum absolute atomic E-state index is 12.2. The molecular formula is C15H23NO3S. The summed E-state index contributed by atoms with van der Waals surface area (Å²) in [7, 11) is 1.09. The predicted molar refractivity (Wildman–Crippen MR) is 81.7 cm³/mol. The van der Waals surface area contributed by atoms with E-state index in [9.17, 15) is 4.21 Å². The van der Waals surface area contributed by atoms with Gasteiger partial charge in [-0.05, 0) is 30.7 Å². The summed E-state index contributed by atoms with van der Waals surface area (Å²) in [4.78, 5) is 0. The summed E-state index contributed by atoms with van der Waals surface area (Å²) in [6, 6.07) is 5.98. The van der Waals surface area contributed by atoms with Crippen molar-refractivity contribution in [1.82, 2.24) is 5.32 Å². The monoisotopic (exact) mass is 297 g/mol. The second-order valence-electron chi connectivity index (χ2n) is 5.24. The summed E-state index contributed by atoms with van der Waals surface area (Å²) < 4.78 is 22.9. The molecule has 1 heterocycles. The van der Waals surface area contributed by atoms with Crippen LogP contribution in [0, 0.1) is 5.92 Å². The molecule has 0 radical (unpaired) electrons. The van der Waals surface area contributed by atoms with E-state index in [0.29, 0.717) is 11.7 Å². The van der Waals surface area contributed by atoms with Gasteiger partial charge in [0.05, 0.1) is 0 Å². The Balaban J connectivity index is 2.03. The fourth-order valence-corrected chi connectivity index (χ4v) is 3.90. The van der Waals surface area contributed by atoms with E-state index in [-0.39, 0.29) is 12.8 Å². The molecule has 112 valence electrons. The molecule has 0 amide bonds. The van der Waals surface area contributed by atoms with Crippen LogP contribution in [-0.4, -0.2) is 29.6 Å². The van der Waals surface area contributed by atoms with Crippen molar-refractivity contribution in [1.29, 1.82) is 0 Å². The lowest BCUT2D eigenvalue weighted by Crippen LogP contribution is -2.24. The first-order valence-electron chi connectivity index (χ1n) is 7.05. The van der Waals surface area contributed by atoms with E-state index in [4.69, 9.17) is 9.47 Å². The van der Waals surface area contributed by atoms with Gasteiger partial charge in [0, 0.05) is 28.3 Å². The van der Waals surface area contributed by atoms with E-state index < -0.39 is 10.8 Å². The van der Waals surface area contributed by atoms with Gasteiger partial charge in [-0.25, -0.2) is 0 Å². The minimum atomic E-state index is -0.813. The Morgan fingerprint density at radius 1 is 1.30 bits per heavy atom. The first-order valence-corrected chi connectivity index (χ1v) is 8.54. The summed E-state index contributed by atoms with van der Waals surface area (Å²) in [6.45, 7) is 4.56. The number of nitrogens with one attached hydrogen (secondary N) is 1. The summed E-state index contributed by atoms with van der Waals surface area (Å²) in [5.74, 6) is 3.45. The van der Waals surface area contributed by atoms with Crippen LogP contribution in [0.5, 0.6) is 11.5 Å². The summed E-state index contributed by atoms with van der Waals surface area (Å²) in [5, 5.41) is 3.24. The number of benzene rings is 1. The van der Waals surface area contributed by atoms with Crippen molar-refractivity contribution in [2.45, 2.75) is 26.3 Å². The van der Waals surface area contributed by atoms with E-state index >= 15 is 0 Å². The fraction of sp³-hybridized carbons (Fsp3) is 0.600. The highest BCUT2D eigenvalue weighted by Gasteiger charge is 2.19. The molecule has 0 aromatic heterocycles. The van der Waals surface area contributed by atoms with Crippen molar-refractivity contribution in [2.24, 2.45) is 5.92 Å². The van der Waals surface area contributed by atoms with Crippen LogP contribution in [0.3, 0.4) is 0 Å². The molecule has 0 saturated carbocycles. The van der Waals surface area contributed by atoms with E-state index in [1.807, 2.05) is 25.2 Å². The number of fused-ring (bicyclic) bond motifs is 1. The van der Waals surface area contributed by atoms with Crippen LogP contribution >= 0.6 is 0 Å². The van der Waals surface area contributed by atoms with Crippen LogP contribution in [0.25, 0.3) is 0 Å². The fourth-order valence-electron chi connectivity index (χ4n) is 2.17. The van der Waals surface area contributed by atoms with Crippen LogP contribution in [0.2, 0.25) is 0 Å². The molecule has 0 spiro atoms. The minimum Gasteiger partial charge on any atom is -0.454 e. The van der Waals surface area contributed by atoms with Crippen LogP contribution in [0.1, 0.15) is 31.9 Å². The van der Waals surface area contributed by atoms with Crippen LogP contribution in [0.15, 0.2) is 18.2 Å². The molecule has 1 aromatic carbocycles. The van der Waals surface area contributed by atoms with Gasteiger partial charge in [-0.15, -0.1) is 0 Å². The van der Waals surface area contributed by atoms with Gasteiger partial charge < -0.3 is 14.8 Å². The third-order valence-electron chi connectivity index (χ3n) is 3.67. The maximum Gasteiger partial charge on any atom is 0.231 e. The van der Waals surface area contributed by atoms with E-state index in [2.05, 4.69) is 19.2 Å². The normalized spacial score (nSPS) is 17.8. The lowest BCUT2D eigenvalue weighted by atomic mass is 10.1. The molecule has 1 aromatic rings. The largest absolute Gasteiger partial charge is 0.454 e. The average molecular weight is 297 g/mol. The van der Waals surface area contributed by atoms with Gasteiger partial charge in [-0.2, -0.15) is 0 Å². The molecule has 0 fully saturated rings. The molecule has 0 saturated heterocycles. The predicted octanol–water partition coefficient (Wildman–Crippen LogP) is 2.47. The Labute approximate surface area is 123 Å². The molecule has 1 N–H and O–H groups in total. The zero-order chi connectivity index (χ0) is 14.5. The van der Waals surface area contributed by atoms with E-state index in [1.54, 1.807) is 0 Å². The lowest BCUT2D eigenvalue weighted by molar-refractivity contribution is 0.174. The van der Waals surface area contributed by atoms with Crippen molar-refractivity contribution >= 4 is 10.8 Å². The first-order chi connectivity index (χ1) is 9.63. The van der Waals surface area contributed by atoms with Gasteiger partial charge >= 0.3 is 0 Å². The molecule has 4 nitrogen and oxygen atoms in total. The Morgan fingerprint density at radius 2 is 2.05 bits per heavy atom. The number of rotatable bonds is 7. The molecule has 0 bridgehead atoms. The van der Waals surface area contributed by atoms with E-state index in [1.165, 1.54) is 0 Å². The lowest BCUT2D eigenvalue weighted by Gasteiger charge is -2.18. The molecular weight excluding hydrogens is 274 g/mol. The highest BCUT2D eigenvalue weighted by Crippen LogP contribution is 2.34. The van der Waals surface area contributed by atoms with Gasteiger partial charge in [0.1, 0.15) is 0 Å². The zero-order valence-corrected chi connectivity index (χ0v) is 13.2. The minimum absolute atomic E-state index is 0.0781. The molecule has 20 heavy (non-hydrogen) atoms. The molecule has 3 unspecified atom stereocenters. The van der Waals surface area contributed by atoms with Crippen molar-refractivity contribution in [3.8, 4) is 11.5 Å². The summed E-state index contributed by atoms with van der Waals surface area (Å²) in [6.07, 6.45) is 1.07. The van der Waals surface area contributed by atoms with Crippen LogP contribution in [0.4, 0.5) is 0 Å². The maximum atomic E-state index is 12.2. The molecule has 5 heteroatoms. The second kappa shape index (κ2) is 7.09. The summed E-state index contributed by atoms with van der Waals surface area (Å²) >= 11 is 0. The Bertz CT molecular complexity index is 478. The zero-order valence-electron chi connectivity index (χ0n) is 12.3. The summed E-state index contributed by atoms with van der Waals surface area (Å²) in [5.41, 5.74) is 1.09.